The molecule has 0 radical (unpaired) electrons. The summed E-state index contributed by atoms with van der Waals surface area (Å²) in [5.74, 6) is 0.991. The number of thiazole rings is 1. The van der Waals surface area contributed by atoms with Crippen molar-refractivity contribution in [3.63, 3.8) is 0 Å². The van der Waals surface area contributed by atoms with Crippen molar-refractivity contribution < 1.29 is 4.74 Å². The Kier molecular flexibility index (Phi) is 2.68. The molecule has 1 aromatic heterocycles. The third kappa shape index (κ3) is 2.88. The lowest BCUT2D eigenvalue weighted by molar-refractivity contribution is 0.302. The zero-order chi connectivity index (χ0) is 9.10. The third-order valence-electron chi connectivity index (χ3n) is 2.18. The van der Waals surface area contributed by atoms with Gasteiger partial charge in [0.1, 0.15) is 5.00 Å². The van der Waals surface area contributed by atoms with Gasteiger partial charge in [-0.2, -0.15) is 0 Å². The first-order chi connectivity index (χ1) is 6.34. The highest BCUT2D eigenvalue weighted by Crippen LogP contribution is 2.33. The van der Waals surface area contributed by atoms with Gasteiger partial charge < -0.3 is 10.5 Å². The van der Waals surface area contributed by atoms with Crippen molar-refractivity contribution in [2.45, 2.75) is 25.7 Å². The minimum absolute atomic E-state index is 0.702. The number of nitrogens with two attached hydrogens (primary N) is 1. The molecule has 72 valence electrons. The summed E-state index contributed by atoms with van der Waals surface area (Å²) in [6, 6.07) is 0. The van der Waals surface area contributed by atoms with Crippen LogP contribution in [0.15, 0.2) is 6.20 Å². The molecule has 13 heavy (non-hydrogen) atoms. The molecule has 0 bridgehead atoms. The second-order valence-electron chi connectivity index (χ2n) is 3.46. The molecule has 2 rings (SSSR count). The minimum Gasteiger partial charge on any atom is -0.470 e. The fourth-order valence-electron chi connectivity index (χ4n) is 1.27. The maximum absolute atomic E-state index is 5.52. The number of hydrogen-bond acceptors (Lipinski definition) is 4. The molecule has 1 aliphatic rings. The molecule has 1 heterocycles. The van der Waals surface area contributed by atoms with E-state index >= 15 is 0 Å². The van der Waals surface area contributed by atoms with E-state index in [2.05, 4.69) is 4.98 Å². The van der Waals surface area contributed by atoms with Crippen LogP contribution in [0.5, 0.6) is 5.19 Å². The summed E-state index contributed by atoms with van der Waals surface area (Å²) in [7, 11) is 0. The summed E-state index contributed by atoms with van der Waals surface area (Å²) < 4.78 is 5.43. The van der Waals surface area contributed by atoms with Crippen LogP contribution in [0.4, 0.5) is 5.00 Å². The van der Waals surface area contributed by atoms with Crippen molar-refractivity contribution in [3.05, 3.63) is 6.20 Å². The molecule has 1 saturated carbocycles. The highest BCUT2D eigenvalue weighted by molar-refractivity contribution is 7.17. The molecule has 0 amide bonds. The normalized spacial score (nSPS) is 16.0. The van der Waals surface area contributed by atoms with E-state index in [1.807, 2.05) is 0 Å². The van der Waals surface area contributed by atoms with Crippen molar-refractivity contribution >= 4 is 16.3 Å². The number of anilines is 1. The Labute approximate surface area is 81.9 Å². The van der Waals surface area contributed by atoms with Crippen LogP contribution in [0.25, 0.3) is 0 Å². The summed E-state index contributed by atoms with van der Waals surface area (Å²) in [6.07, 6.45) is 6.93. The van der Waals surface area contributed by atoms with E-state index in [9.17, 15) is 0 Å². The van der Waals surface area contributed by atoms with E-state index < -0.39 is 0 Å². The topological polar surface area (TPSA) is 48.1 Å². The van der Waals surface area contributed by atoms with Gasteiger partial charge in [-0.25, -0.2) is 4.98 Å². The summed E-state index contributed by atoms with van der Waals surface area (Å²) >= 11 is 1.41. The monoisotopic (exact) mass is 198 g/mol. The van der Waals surface area contributed by atoms with E-state index in [1.165, 1.54) is 30.6 Å². The molecule has 0 aliphatic heterocycles. The summed E-state index contributed by atoms with van der Waals surface area (Å²) in [4.78, 5) is 4.02. The molecule has 0 saturated heterocycles. The van der Waals surface area contributed by atoms with Gasteiger partial charge in [-0.15, -0.1) is 0 Å². The van der Waals surface area contributed by atoms with Crippen LogP contribution >= 0.6 is 11.3 Å². The Bertz CT molecular complexity index is 270. The second-order valence-corrected chi connectivity index (χ2v) is 4.49. The van der Waals surface area contributed by atoms with Crippen LogP contribution in [-0.4, -0.2) is 11.6 Å². The molecule has 1 aliphatic carbocycles. The van der Waals surface area contributed by atoms with Gasteiger partial charge >= 0.3 is 0 Å². The van der Waals surface area contributed by atoms with Gasteiger partial charge in [0, 0.05) is 0 Å². The first-order valence-corrected chi connectivity index (χ1v) is 5.50. The van der Waals surface area contributed by atoms with Crippen LogP contribution in [0.2, 0.25) is 0 Å². The van der Waals surface area contributed by atoms with Gasteiger partial charge in [0.2, 0.25) is 0 Å². The average molecular weight is 198 g/mol. The Morgan fingerprint density at radius 3 is 3.08 bits per heavy atom. The highest BCUT2D eigenvalue weighted by atomic mass is 32.1. The third-order valence-corrected chi connectivity index (χ3v) is 2.92. The molecule has 1 fully saturated rings. The number of hydrogen-bond donors (Lipinski definition) is 1. The lowest BCUT2D eigenvalue weighted by atomic mass is 10.2. The fraction of sp³-hybridized carbons (Fsp3) is 0.667. The first-order valence-electron chi connectivity index (χ1n) is 4.68. The van der Waals surface area contributed by atoms with Crippen LogP contribution < -0.4 is 10.5 Å². The molecule has 0 unspecified atom stereocenters. The number of rotatable bonds is 5. The van der Waals surface area contributed by atoms with Crippen LogP contribution in [0.3, 0.4) is 0 Å². The van der Waals surface area contributed by atoms with Gasteiger partial charge in [0.15, 0.2) is 0 Å². The number of nitrogens with zero attached hydrogens (tertiary/aromatic N) is 1. The van der Waals surface area contributed by atoms with E-state index in [1.54, 1.807) is 6.20 Å². The molecule has 0 aromatic carbocycles. The van der Waals surface area contributed by atoms with Crippen molar-refractivity contribution in [2.24, 2.45) is 5.92 Å². The predicted octanol–water partition coefficient (Wildman–Crippen LogP) is 2.29. The van der Waals surface area contributed by atoms with E-state index in [4.69, 9.17) is 10.5 Å². The first kappa shape index (κ1) is 8.81. The van der Waals surface area contributed by atoms with E-state index in [0.29, 0.717) is 5.19 Å². The van der Waals surface area contributed by atoms with E-state index in [0.717, 1.165) is 23.9 Å². The average Bonchev–Trinajstić information content (AvgIpc) is 2.84. The fourth-order valence-corrected chi connectivity index (χ4v) is 1.83. The van der Waals surface area contributed by atoms with Crippen LogP contribution in [0.1, 0.15) is 25.7 Å². The Morgan fingerprint density at radius 2 is 2.46 bits per heavy atom. The summed E-state index contributed by atoms with van der Waals surface area (Å²) in [5, 5.41) is 1.42. The SMILES string of the molecule is Nc1cnc(OCCCC2CC2)s1. The maximum atomic E-state index is 5.52. The lowest BCUT2D eigenvalue weighted by Crippen LogP contribution is -1.96. The quantitative estimate of drug-likeness (QED) is 0.738. The van der Waals surface area contributed by atoms with Gasteiger partial charge in [-0.1, -0.05) is 24.2 Å². The molecule has 0 spiro atoms. The van der Waals surface area contributed by atoms with Gasteiger partial charge in [0.25, 0.3) is 5.19 Å². The van der Waals surface area contributed by atoms with Gasteiger partial charge in [-0.05, 0) is 18.8 Å². The van der Waals surface area contributed by atoms with Gasteiger partial charge in [0.05, 0.1) is 12.8 Å². The smallest absolute Gasteiger partial charge is 0.275 e. The molecular weight excluding hydrogens is 184 g/mol. The predicted molar refractivity (Wildman–Crippen MR) is 54.0 cm³/mol. The minimum atomic E-state index is 0.702. The number of aromatic nitrogens is 1. The van der Waals surface area contributed by atoms with Crippen molar-refractivity contribution in [2.75, 3.05) is 12.3 Å². The largest absolute Gasteiger partial charge is 0.470 e. The van der Waals surface area contributed by atoms with E-state index in [-0.39, 0.29) is 0 Å². The van der Waals surface area contributed by atoms with Gasteiger partial charge in [-0.3, -0.25) is 0 Å². The molecule has 1 aromatic rings. The molecule has 3 nitrogen and oxygen atoms in total. The molecule has 0 atom stereocenters. The van der Waals surface area contributed by atoms with Crippen molar-refractivity contribution in [1.29, 1.82) is 0 Å². The zero-order valence-electron chi connectivity index (χ0n) is 7.53. The Balaban J connectivity index is 1.61. The van der Waals surface area contributed by atoms with Crippen molar-refractivity contribution in [1.82, 2.24) is 4.98 Å². The molecule has 4 heteroatoms. The summed E-state index contributed by atoms with van der Waals surface area (Å²) in [5.41, 5.74) is 5.52. The zero-order valence-corrected chi connectivity index (χ0v) is 8.35. The van der Waals surface area contributed by atoms with Crippen molar-refractivity contribution in [3.8, 4) is 5.19 Å². The van der Waals surface area contributed by atoms with Crippen LogP contribution in [0, 0.1) is 5.92 Å². The summed E-state index contributed by atoms with van der Waals surface area (Å²) in [6.45, 7) is 0.781. The number of nitrogen functional groups attached to an aromatic ring is 1. The highest BCUT2D eigenvalue weighted by Gasteiger charge is 2.20. The Hall–Kier alpha value is -0.770. The maximum Gasteiger partial charge on any atom is 0.275 e. The Morgan fingerprint density at radius 1 is 1.62 bits per heavy atom. The standard InChI is InChI=1S/C9H14N2OS/c10-8-6-11-9(13-8)12-5-1-2-7-3-4-7/h6-7H,1-5,10H2. The molecular formula is C9H14N2OS. The second kappa shape index (κ2) is 3.96. The lowest BCUT2D eigenvalue weighted by Gasteiger charge is -2.00. The molecule has 2 N–H and O–H groups in total. The van der Waals surface area contributed by atoms with Crippen LogP contribution in [-0.2, 0) is 0 Å². The number of ether oxygens (including phenoxy) is 1.